The van der Waals surface area contributed by atoms with Crippen LogP contribution in [0, 0.1) is 6.92 Å². The topological polar surface area (TPSA) is 43.4 Å². The molecule has 1 aromatic rings. The van der Waals surface area contributed by atoms with E-state index in [0.717, 1.165) is 0 Å². The molecule has 0 aliphatic rings. The van der Waals surface area contributed by atoms with Gasteiger partial charge in [0.05, 0.1) is 12.9 Å². The van der Waals surface area contributed by atoms with Crippen LogP contribution in [-0.4, -0.2) is 15.5 Å². The molecule has 15 heavy (non-hydrogen) atoms. The summed E-state index contributed by atoms with van der Waals surface area (Å²) in [6.45, 7) is 1.74. The maximum Gasteiger partial charge on any atom is 0.236 e. The Bertz CT molecular complexity index is 468. The molecule has 0 saturated carbocycles. The third-order valence-corrected chi connectivity index (χ3v) is 3.36. The Hall–Kier alpha value is -0.450. The maximum atomic E-state index is 10.9. The molecule has 0 aliphatic heterocycles. The monoisotopic (exact) mass is 268 g/mol. The van der Waals surface area contributed by atoms with Crippen LogP contribution in [0.5, 0.6) is 5.75 Å². The van der Waals surface area contributed by atoms with Crippen LogP contribution in [0.15, 0.2) is 12.1 Å². The second-order valence-corrected chi connectivity index (χ2v) is 6.26. The van der Waals surface area contributed by atoms with Gasteiger partial charge in [-0.15, -0.1) is 0 Å². The van der Waals surface area contributed by atoms with E-state index in [-0.39, 0.29) is 5.75 Å². The van der Waals surface area contributed by atoms with Gasteiger partial charge < -0.3 is 4.74 Å². The van der Waals surface area contributed by atoms with E-state index in [0.29, 0.717) is 21.9 Å². The molecular formula is C9H10Cl2O3S. The van der Waals surface area contributed by atoms with Gasteiger partial charge in [-0.2, -0.15) is 0 Å². The third kappa shape index (κ3) is 3.55. The molecule has 0 aliphatic carbocycles. The highest BCUT2D eigenvalue weighted by Crippen LogP contribution is 2.27. The molecule has 0 bridgehead atoms. The largest absolute Gasteiger partial charge is 0.497 e. The first-order valence-electron chi connectivity index (χ1n) is 4.09. The van der Waals surface area contributed by atoms with E-state index in [4.69, 9.17) is 27.0 Å². The number of hydrogen-bond acceptors (Lipinski definition) is 3. The smallest absolute Gasteiger partial charge is 0.236 e. The van der Waals surface area contributed by atoms with Gasteiger partial charge >= 0.3 is 0 Å². The van der Waals surface area contributed by atoms with E-state index < -0.39 is 9.05 Å². The van der Waals surface area contributed by atoms with Crippen molar-refractivity contribution in [1.29, 1.82) is 0 Å². The van der Waals surface area contributed by atoms with Crippen LogP contribution in [0.1, 0.15) is 11.1 Å². The van der Waals surface area contributed by atoms with E-state index in [1.54, 1.807) is 19.1 Å². The fourth-order valence-electron chi connectivity index (χ4n) is 1.16. The SMILES string of the molecule is COc1cc(Cl)c(C)c(CS(=O)(=O)Cl)c1. The zero-order valence-electron chi connectivity index (χ0n) is 8.25. The molecule has 84 valence electrons. The van der Waals surface area contributed by atoms with Gasteiger partial charge in [-0.25, -0.2) is 8.42 Å². The minimum Gasteiger partial charge on any atom is -0.497 e. The number of ether oxygens (including phenoxy) is 1. The van der Waals surface area contributed by atoms with Gasteiger partial charge in [0.2, 0.25) is 9.05 Å². The third-order valence-electron chi connectivity index (χ3n) is 1.99. The minimum atomic E-state index is -3.58. The zero-order chi connectivity index (χ0) is 11.6. The molecule has 0 aromatic heterocycles. The van der Waals surface area contributed by atoms with Crippen molar-refractivity contribution >= 4 is 31.3 Å². The molecule has 0 radical (unpaired) electrons. The first-order chi connectivity index (χ1) is 6.83. The molecule has 6 heteroatoms. The lowest BCUT2D eigenvalue weighted by molar-refractivity contribution is 0.414. The average Bonchev–Trinajstić information content (AvgIpc) is 2.10. The second kappa shape index (κ2) is 4.60. The Morgan fingerprint density at radius 2 is 2.00 bits per heavy atom. The van der Waals surface area contributed by atoms with E-state index in [1.165, 1.54) is 7.11 Å². The van der Waals surface area contributed by atoms with Gasteiger partial charge in [-0.05, 0) is 30.2 Å². The zero-order valence-corrected chi connectivity index (χ0v) is 10.6. The van der Waals surface area contributed by atoms with Gasteiger partial charge in [0, 0.05) is 15.7 Å². The summed E-state index contributed by atoms with van der Waals surface area (Å²) in [6.07, 6.45) is 0. The summed E-state index contributed by atoms with van der Waals surface area (Å²) >= 11 is 5.91. The Morgan fingerprint density at radius 1 is 1.40 bits per heavy atom. The predicted molar refractivity (Wildman–Crippen MR) is 61.2 cm³/mol. The molecule has 3 nitrogen and oxygen atoms in total. The Kier molecular flexibility index (Phi) is 3.87. The van der Waals surface area contributed by atoms with E-state index >= 15 is 0 Å². The van der Waals surface area contributed by atoms with Crippen molar-refractivity contribution in [3.63, 3.8) is 0 Å². The lowest BCUT2D eigenvalue weighted by atomic mass is 10.1. The van der Waals surface area contributed by atoms with Gasteiger partial charge in [0.25, 0.3) is 0 Å². The minimum absolute atomic E-state index is 0.253. The fraction of sp³-hybridized carbons (Fsp3) is 0.333. The number of rotatable bonds is 3. The molecule has 0 heterocycles. The number of hydrogen-bond donors (Lipinski definition) is 0. The summed E-state index contributed by atoms with van der Waals surface area (Å²) in [5.74, 6) is 0.262. The lowest BCUT2D eigenvalue weighted by Crippen LogP contribution is -1.99. The lowest BCUT2D eigenvalue weighted by Gasteiger charge is -2.08. The summed E-state index contributed by atoms with van der Waals surface area (Å²) < 4.78 is 26.9. The van der Waals surface area contributed by atoms with Gasteiger partial charge in [0.15, 0.2) is 0 Å². The summed E-state index contributed by atoms with van der Waals surface area (Å²) in [5.41, 5.74) is 1.25. The average molecular weight is 269 g/mol. The van der Waals surface area contributed by atoms with E-state index in [1.807, 2.05) is 0 Å². The second-order valence-electron chi connectivity index (χ2n) is 3.08. The number of benzene rings is 1. The maximum absolute atomic E-state index is 10.9. The summed E-state index contributed by atoms with van der Waals surface area (Å²) in [6, 6.07) is 3.24. The standard InChI is InChI=1S/C9H10Cl2O3S/c1-6-7(5-15(11,12)13)3-8(14-2)4-9(6)10/h3-4H,5H2,1-2H3. The quantitative estimate of drug-likeness (QED) is 0.792. The molecule has 0 spiro atoms. The van der Waals surface area contributed by atoms with Crippen molar-refractivity contribution in [3.8, 4) is 5.75 Å². The van der Waals surface area contributed by atoms with Crippen LogP contribution in [0.25, 0.3) is 0 Å². The van der Waals surface area contributed by atoms with Crippen molar-refractivity contribution < 1.29 is 13.2 Å². The van der Waals surface area contributed by atoms with Crippen LogP contribution >= 0.6 is 22.3 Å². The number of methoxy groups -OCH3 is 1. The Morgan fingerprint density at radius 3 is 2.47 bits per heavy atom. The first kappa shape index (κ1) is 12.6. The molecule has 0 fully saturated rings. The molecular weight excluding hydrogens is 259 g/mol. The molecule has 0 N–H and O–H groups in total. The van der Waals surface area contributed by atoms with E-state index in [9.17, 15) is 8.42 Å². The Balaban J connectivity index is 3.22. The first-order valence-corrected chi connectivity index (χ1v) is 6.94. The van der Waals surface area contributed by atoms with Gasteiger partial charge in [-0.1, -0.05) is 11.6 Å². The molecule has 0 atom stereocenters. The van der Waals surface area contributed by atoms with Crippen LogP contribution in [0.2, 0.25) is 5.02 Å². The van der Waals surface area contributed by atoms with Crippen LogP contribution in [-0.2, 0) is 14.8 Å². The van der Waals surface area contributed by atoms with Crippen molar-refractivity contribution in [1.82, 2.24) is 0 Å². The summed E-state index contributed by atoms with van der Waals surface area (Å²) in [4.78, 5) is 0. The predicted octanol–water partition coefficient (Wildman–Crippen LogP) is 2.73. The van der Waals surface area contributed by atoms with Crippen LogP contribution in [0.3, 0.4) is 0 Å². The molecule has 1 aromatic carbocycles. The fourth-order valence-corrected chi connectivity index (χ4v) is 2.41. The molecule has 0 unspecified atom stereocenters. The Labute approximate surface area is 98.4 Å². The highest BCUT2D eigenvalue weighted by atomic mass is 35.7. The number of halogens is 2. The summed E-state index contributed by atoms with van der Waals surface area (Å²) in [7, 11) is 3.08. The van der Waals surface area contributed by atoms with Crippen molar-refractivity contribution in [2.24, 2.45) is 0 Å². The van der Waals surface area contributed by atoms with Crippen molar-refractivity contribution in [2.45, 2.75) is 12.7 Å². The van der Waals surface area contributed by atoms with E-state index in [2.05, 4.69) is 0 Å². The normalized spacial score (nSPS) is 11.5. The van der Waals surface area contributed by atoms with Crippen LogP contribution in [0.4, 0.5) is 0 Å². The van der Waals surface area contributed by atoms with Crippen molar-refractivity contribution in [2.75, 3.05) is 7.11 Å². The summed E-state index contributed by atoms with van der Waals surface area (Å²) in [5, 5.41) is 0.463. The highest BCUT2D eigenvalue weighted by Gasteiger charge is 2.13. The van der Waals surface area contributed by atoms with Crippen molar-refractivity contribution in [3.05, 3.63) is 28.3 Å². The van der Waals surface area contributed by atoms with Crippen LogP contribution < -0.4 is 4.74 Å². The molecule has 0 amide bonds. The molecule has 0 saturated heterocycles. The molecule has 1 rings (SSSR count). The van der Waals surface area contributed by atoms with Gasteiger partial charge in [0.1, 0.15) is 5.75 Å². The van der Waals surface area contributed by atoms with Gasteiger partial charge in [-0.3, -0.25) is 0 Å². The highest BCUT2D eigenvalue weighted by molar-refractivity contribution is 8.13.